The van der Waals surface area contributed by atoms with Crippen molar-refractivity contribution in [1.82, 2.24) is 9.78 Å². The molecule has 0 aliphatic rings. The number of nitrogens with zero attached hydrogens (tertiary/aromatic N) is 2. The van der Waals surface area contributed by atoms with Crippen LogP contribution in [0.2, 0.25) is 0 Å². The van der Waals surface area contributed by atoms with Gasteiger partial charge in [-0.05, 0) is 22.1 Å². The van der Waals surface area contributed by atoms with E-state index >= 15 is 0 Å². The first-order chi connectivity index (χ1) is 11.6. The van der Waals surface area contributed by atoms with Crippen molar-refractivity contribution in [2.45, 2.75) is 38.7 Å². The minimum Gasteiger partial charge on any atom is -0.466 e. The van der Waals surface area contributed by atoms with Gasteiger partial charge in [-0.3, -0.25) is 4.68 Å². The Balaban J connectivity index is 2.47. The number of aromatic nitrogens is 2. The van der Waals surface area contributed by atoms with Crippen molar-refractivity contribution in [3.05, 3.63) is 53.9 Å². The highest BCUT2D eigenvalue weighted by atomic mass is 16.5. The maximum atomic E-state index is 11.6. The molecule has 2 rings (SSSR count). The van der Waals surface area contributed by atoms with Gasteiger partial charge in [0.25, 0.3) is 0 Å². The highest BCUT2D eigenvalue weighted by molar-refractivity contribution is 5.87. The van der Waals surface area contributed by atoms with E-state index in [0.717, 1.165) is 22.3 Å². The summed E-state index contributed by atoms with van der Waals surface area (Å²) in [4.78, 5) is 11.6. The average Bonchev–Trinajstić information content (AvgIpc) is 2.98. The maximum absolute atomic E-state index is 11.6. The number of benzene rings is 1. The quantitative estimate of drug-likeness (QED) is 0.667. The Morgan fingerprint density at radius 3 is 2.60 bits per heavy atom. The second kappa shape index (κ2) is 7.23. The third-order valence-electron chi connectivity index (χ3n) is 4.21. The molecule has 0 amide bonds. The molecule has 0 radical (unpaired) electrons. The molecule has 1 N–H and O–H groups in total. The van der Waals surface area contributed by atoms with E-state index < -0.39 is 12.1 Å². The van der Waals surface area contributed by atoms with Crippen LogP contribution in [-0.2, 0) is 22.0 Å². The van der Waals surface area contributed by atoms with Crippen molar-refractivity contribution in [2.75, 3.05) is 7.11 Å². The molecule has 1 aromatic heterocycles. The van der Waals surface area contributed by atoms with Gasteiger partial charge in [0.15, 0.2) is 0 Å². The van der Waals surface area contributed by atoms with E-state index in [1.54, 1.807) is 10.9 Å². The first kappa shape index (κ1) is 18.9. The summed E-state index contributed by atoms with van der Waals surface area (Å²) in [5, 5.41) is 15.0. The zero-order valence-corrected chi connectivity index (χ0v) is 15.5. The summed E-state index contributed by atoms with van der Waals surface area (Å²) in [6.07, 6.45) is 2.92. The summed E-state index contributed by atoms with van der Waals surface area (Å²) >= 11 is 0. The number of hydrogen-bond acceptors (Lipinski definition) is 4. The molecule has 2 aromatic rings. The molecule has 1 atom stereocenters. The van der Waals surface area contributed by atoms with Crippen LogP contribution >= 0.6 is 0 Å². The minimum absolute atomic E-state index is 0.0543. The van der Waals surface area contributed by atoms with E-state index in [4.69, 9.17) is 0 Å². The Bertz CT molecular complexity index is 784. The summed E-state index contributed by atoms with van der Waals surface area (Å²) in [6.45, 7) is 10.1. The lowest BCUT2D eigenvalue weighted by Crippen LogP contribution is -2.13. The number of aliphatic hydroxyl groups excluding tert-OH is 1. The lowest BCUT2D eigenvalue weighted by atomic mass is 9.83. The van der Waals surface area contributed by atoms with Crippen LogP contribution in [0.15, 0.2) is 42.7 Å². The minimum atomic E-state index is -0.857. The van der Waals surface area contributed by atoms with E-state index in [1.807, 2.05) is 25.4 Å². The number of carbonyl (C=O) groups excluding carboxylic acids is 1. The van der Waals surface area contributed by atoms with Gasteiger partial charge in [0.2, 0.25) is 0 Å². The van der Waals surface area contributed by atoms with Gasteiger partial charge in [-0.2, -0.15) is 5.10 Å². The maximum Gasteiger partial charge on any atom is 0.333 e. The number of esters is 1. The monoisotopic (exact) mass is 342 g/mol. The van der Waals surface area contributed by atoms with Crippen LogP contribution in [0.5, 0.6) is 0 Å². The zero-order valence-electron chi connectivity index (χ0n) is 15.5. The molecule has 0 bridgehead atoms. The third kappa shape index (κ3) is 4.37. The summed E-state index contributed by atoms with van der Waals surface area (Å²) in [6, 6.07) is 6.06. The SMILES string of the molecule is C=C(CC(O)c1cc(C(C)(C)C)ccc1-c1cnn(C)c1)C(=O)OC. The van der Waals surface area contributed by atoms with Crippen molar-refractivity contribution in [3.63, 3.8) is 0 Å². The predicted octanol–water partition coefficient (Wildman–Crippen LogP) is 3.54. The summed E-state index contributed by atoms with van der Waals surface area (Å²) in [5.74, 6) is -0.506. The van der Waals surface area contributed by atoms with Crippen LogP contribution in [0.3, 0.4) is 0 Å². The molecule has 5 nitrogen and oxygen atoms in total. The number of aliphatic hydroxyl groups is 1. The average molecular weight is 342 g/mol. The van der Waals surface area contributed by atoms with Crippen molar-refractivity contribution >= 4 is 5.97 Å². The van der Waals surface area contributed by atoms with Crippen molar-refractivity contribution in [2.24, 2.45) is 7.05 Å². The molecule has 1 heterocycles. The molecular formula is C20H26N2O3. The van der Waals surface area contributed by atoms with Gasteiger partial charge >= 0.3 is 5.97 Å². The lowest BCUT2D eigenvalue weighted by Gasteiger charge is -2.23. The Hall–Kier alpha value is -2.40. The molecule has 25 heavy (non-hydrogen) atoms. The molecule has 0 saturated heterocycles. The molecule has 0 spiro atoms. The van der Waals surface area contributed by atoms with Crippen LogP contribution < -0.4 is 0 Å². The van der Waals surface area contributed by atoms with E-state index in [1.165, 1.54) is 7.11 Å². The summed E-state index contributed by atoms with van der Waals surface area (Å²) < 4.78 is 6.40. The molecule has 5 heteroatoms. The molecule has 0 aliphatic heterocycles. The number of carbonyl (C=O) groups is 1. The van der Waals surface area contributed by atoms with Gasteiger partial charge in [0.1, 0.15) is 0 Å². The highest BCUT2D eigenvalue weighted by Gasteiger charge is 2.22. The first-order valence-corrected chi connectivity index (χ1v) is 8.21. The van der Waals surface area contributed by atoms with E-state index in [-0.39, 0.29) is 17.4 Å². The Morgan fingerprint density at radius 1 is 1.40 bits per heavy atom. The van der Waals surface area contributed by atoms with Gasteiger partial charge in [-0.25, -0.2) is 4.79 Å². The van der Waals surface area contributed by atoms with Crippen LogP contribution in [0.4, 0.5) is 0 Å². The van der Waals surface area contributed by atoms with Crippen molar-refractivity contribution < 1.29 is 14.6 Å². The van der Waals surface area contributed by atoms with Crippen molar-refractivity contribution in [3.8, 4) is 11.1 Å². The third-order valence-corrected chi connectivity index (χ3v) is 4.21. The standard InChI is InChI=1S/C20H26N2O3/c1-13(19(24)25-6)9-18(23)17-10-15(20(2,3)4)7-8-16(17)14-11-21-22(5)12-14/h7-8,10-12,18,23H,1,9H2,2-6H3. The largest absolute Gasteiger partial charge is 0.466 e. The summed E-state index contributed by atoms with van der Waals surface area (Å²) in [7, 11) is 3.16. The van der Waals surface area contributed by atoms with E-state index in [9.17, 15) is 9.90 Å². The summed E-state index contributed by atoms with van der Waals surface area (Å²) in [5.41, 5.74) is 3.87. The molecule has 0 aliphatic carbocycles. The number of aryl methyl sites for hydroxylation is 1. The smallest absolute Gasteiger partial charge is 0.333 e. The van der Waals surface area contributed by atoms with Gasteiger partial charge in [-0.15, -0.1) is 0 Å². The molecule has 0 saturated carbocycles. The van der Waals surface area contributed by atoms with Crippen LogP contribution in [0.25, 0.3) is 11.1 Å². The van der Waals surface area contributed by atoms with Crippen molar-refractivity contribution in [1.29, 1.82) is 0 Å². The lowest BCUT2D eigenvalue weighted by molar-refractivity contribution is -0.136. The number of ether oxygens (including phenoxy) is 1. The zero-order chi connectivity index (χ0) is 18.8. The number of rotatable bonds is 5. The normalized spacial score (nSPS) is 12.7. The van der Waals surface area contributed by atoms with Gasteiger partial charge in [0.05, 0.1) is 19.4 Å². The van der Waals surface area contributed by atoms with E-state index in [2.05, 4.69) is 43.3 Å². The second-order valence-electron chi connectivity index (χ2n) is 7.27. The fourth-order valence-corrected chi connectivity index (χ4v) is 2.70. The molecular weight excluding hydrogens is 316 g/mol. The Kier molecular flexibility index (Phi) is 5.48. The molecule has 0 fully saturated rings. The Labute approximate surface area is 148 Å². The van der Waals surface area contributed by atoms with Crippen LogP contribution in [0, 0.1) is 0 Å². The fourth-order valence-electron chi connectivity index (χ4n) is 2.70. The topological polar surface area (TPSA) is 64.4 Å². The molecule has 1 aromatic carbocycles. The van der Waals surface area contributed by atoms with Crippen LogP contribution in [0.1, 0.15) is 44.4 Å². The molecule has 134 valence electrons. The molecule has 1 unspecified atom stereocenters. The second-order valence-corrected chi connectivity index (χ2v) is 7.27. The van der Waals surface area contributed by atoms with Crippen LogP contribution in [-0.4, -0.2) is 28.0 Å². The van der Waals surface area contributed by atoms with E-state index in [0.29, 0.717) is 0 Å². The van der Waals surface area contributed by atoms with Gasteiger partial charge in [0, 0.05) is 30.8 Å². The van der Waals surface area contributed by atoms with Gasteiger partial charge in [-0.1, -0.05) is 45.5 Å². The number of methoxy groups -OCH3 is 1. The highest BCUT2D eigenvalue weighted by Crippen LogP contribution is 2.35. The fraction of sp³-hybridized carbons (Fsp3) is 0.400. The first-order valence-electron chi connectivity index (χ1n) is 8.21. The number of hydrogen-bond donors (Lipinski definition) is 1. The van der Waals surface area contributed by atoms with Gasteiger partial charge < -0.3 is 9.84 Å². The predicted molar refractivity (Wildman–Crippen MR) is 98.1 cm³/mol. The Morgan fingerprint density at radius 2 is 2.08 bits per heavy atom.